The average Bonchev–Trinajstić information content (AvgIpc) is 2.74. The monoisotopic (exact) mass is 500 g/mol. The molecule has 3 rings (SSSR count). The van der Waals surface area contributed by atoms with E-state index in [0.29, 0.717) is 11.1 Å². The third-order valence-corrected chi connectivity index (χ3v) is 9.13. The molecule has 1 N–H and O–H groups in total. The van der Waals surface area contributed by atoms with Gasteiger partial charge in [0.2, 0.25) is 20.0 Å². The number of nitrogens with zero attached hydrogens (tertiary/aromatic N) is 2. The van der Waals surface area contributed by atoms with Gasteiger partial charge < -0.3 is 9.84 Å². The molecule has 1 heterocycles. The third-order valence-electron chi connectivity index (χ3n) is 5.83. The molecule has 0 aliphatic carbocycles. The normalized spacial score (nSPS) is 22.2. The van der Waals surface area contributed by atoms with Crippen LogP contribution in [0.3, 0.4) is 0 Å². The van der Waals surface area contributed by atoms with Crippen LogP contribution in [-0.2, 0) is 20.0 Å². The van der Waals surface area contributed by atoms with E-state index in [-0.39, 0.29) is 30.3 Å². The fourth-order valence-electron chi connectivity index (χ4n) is 3.68. The van der Waals surface area contributed by atoms with Crippen molar-refractivity contribution in [1.29, 1.82) is 0 Å². The van der Waals surface area contributed by atoms with Crippen LogP contribution in [-0.4, -0.2) is 75.7 Å². The van der Waals surface area contributed by atoms with E-state index in [0.717, 1.165) is 10.6 Å². The smallest absolute Gasteiger partial charge is 0.247 e. The summed E-state index contributed by atoms with van der Waals surface area (Å²) in [5.41, 5.74) is 1.09. The molecule has 0 bridgehead atoms. The number of ether oxygens (including phenoxy) is 1. The van der Waals surface area contributed by atoms with Gasteiger partial charge in [0.25, 0.3) is 0 Å². The van der Waals surface area contributed by atoms with Gasteiger partial charge >= 0.3 is 0 Å². The second kappa shape index (κ2) is 9.67. The number of rotatable bonds is 6. The molecule has 1 aliphatic heterocycles. The summed E-state index contributed by atoms with van der Waals surface area (Å²) in [6.45, 7) is 3.04. The molecule has 0 spiro atoms. The van der Waals surface area contributed by atoms with Gasteiger partial charge in [-0.2, -0.15) is 4.31 Å². The van der Waals surface area contributed by atoms with Crippen molar-refractivity contribution in [2.45, 2.75) is 30.9 Å². The zero-order valence-corrected chi connectivity index (χ0v) is 20.6. The summed E-state index contributed by atoms with van der Waals surface area (Å²) in [5.74, 6) is -0.786. The van der Waals surface area contributed by atoms with Gasteiger partial charge in [0, 0.05) is 25.6 Å². The largest absolute Gasteiger partial charge is 0.487 e. The minimum Gasteiger partial charge on any atom is -0.487 e. The lowest BCUT2D eigenvalue weighted by molar-refractivity contribution is 0.0906. The lowest BCUT2D eigenvalue weighted by atomic mass is 10.0. The molecule has 0 saturated heterocycles. The molecule has 0 saturated carbocycles. The Balaban J connectivity index is 2.15. The maximum absolute atomic E-state index is 13.8. The number of hydrogen-bond donors (Lipinski definition) is 1. The molecule has 1 aliphatic rings. The fraction of sp³-hybridized carbons (Fsp3) is 0.455. The van der Waals surface area contributed by atoms with Crippen LogP contribution in [0, 0.1) is 11.7 Å². The summed E-state index contributed by atoms with van der Waals surface area (Å²) in [6, 6.07) is 9.68. The number of hydrogen-bond acceptors (Lipinski definition) is 6. The van der Waals surface area contributed by atoms with Crippen molar-refractivity contribution < 1.29 is 31.1 Å². The molecule has 0 aromatic heterocycles. The Morgan fingerprint density at radius 1 is 1.24 bits per heavy atom. The zero-order valence-electron chi connectivity index (χ0n) is 19.0. The number of aliphatic hydroxyl groups is 1. The fourth-order valence-corrected chi connectivity index (χ4v) is 5.92. The Kier molecular flexibility index (Phi) is 7.49. The highest BCUT2D eigenvalue weighted by atomic mass is 32.2. The van der Waals surface area contributed by atoms with Crippen LogP contribution >= 0.6 is 0 Å². The molecule has 33 heavy (non-hydrogen) atoms. The molecular weight excluding hydrogens is 471 g/mol. The molecule has 0 amide bonds. The Labute approximate surface area is 194 Å². The first-order valence-corrected chi connectivity index (χ1v) is 13.7. The highest BCUT2D eigenvalue weighted by Gasteiger charge is 2.38. The van der Waals surface area contributed by atoms with Crippen molar-refractivity contribution in [3.63, 3.8) is 0 Å². The van der Waals surface area contributed by atoms with Gasteiger partial charge in [0.1, 0.15) is 22.6 Å². The van der Waals surface area contributed by atoms with Crippen molar-refractivity contribution in [3.05, 3.63) is 48.3 Å². The Bertz CT molecular complexity index is 1220. The Morgan fingerprint density at radius 2 is 1.91 bits per heavy atom. The molecule has 3 atom stereocenters. The van der Waals surface area contributed by atoms with Crippen molar-refractivity contribution in [3.8, 4) is 16.9 Å². The molecule has 0 unspecified atom stereocenters. The highest BCUT2D eigenvalue weighted by molar-refractivity contribution is 7.89. The predicted octanol–water partition coefficient (Wildman–Crippen LogP) is 2.15. The first kappa shape index (κ1) is 25.6. The average molecular weight is 501 g/mol. The molecule has 182 valence electrons. The second-order valence-electron chi connectivity index (χ2n) is 8.46. The maximum Gasteiger partial charge on any atom is 0.247 e. The van der Waals surface area contributed by atoms with E-state index in [9.17, 15) is 26.3 Å². The quantitative estimate of drug-likeness (QED) is 0.652. The molecule has 2 aromatic rings. The molecule has 11 heteroatoms. The number of benzene rings is 2. The van der Waals surface area contributed by atoms with Gasteiger partial charge in [-0.05, 0) is 42.3 Å². The predicted molar refractivity (Wildman–Crippen MR) is 123 cm³/mol. The van der Waals surface area contributed by atoms with Crippen LogP contribution in [0.4, 0.5) is 4.39 Å². The van der Waals surface area contributed by atoms with Crippen molar-refractivity contribution in [1.82, 2.24) is 8.61 Å². The maximum atomic E-state index is 13.8. The van der Waals surface area contributed by atoms with E-state index in [1.54, 1.807) is 32.0 Å². The summed E-state index contributed by atoms with van der Waals surface area (Å²) in [7, 11) is -6.10. The van der Waals surface area contributed by atoms with E-state index in [1.165, 1.54) is 35.6 Å². The summed E-state index contributed by atoms with van der Waals surface area (Å²) in [6.07, 6.45) is 0.413. The lowest BCUT2D eigenvalue weighted by Gasteiger charge is -2.37. The standard InChI is InChI=1S/C22H29FN2O6S2/c1-15-12-25(16(2)14-26)33(29,30)22-9-8-18(17-6-5-7-19(23)10-17)11-20(22)31-21(15)13-24(3)32(4,27)28/h5-11,15-16,21,26H,12-14H2,1-4H3/t15-,16+,21+/m1/s1. The van der Waals surface area contributed by atoms with Crippen molar-refractivity contribution in [2.75, 3.05) is 33.0 Å². The first-order chi connectivity index (χ1) is 15.3. The van der Waals surface area contributed by atoms with E-state index >= 15 is 0 Å². The number of halogens is 1. The summed E-state index contributed by atoms with van der Waals surface area (Å²) >= 11 is 0. The van der Waals surface area contributed by atoms with Gasteiger partial charge in [0.15, 0.2) is 0 Å². The first-order valence-electron chi connectivity index (χ1n) is 10.4. The van der Waals surface area contributed by atoms with Crippen LogP contribution in [0.2, 0.25) is 0 Å². The third kappa shape index (κ3) is 5.55. The van der Waals surface area contributed by atoms with Gasteiger partial charge in [-0.3, -0.25) is 0 Å². The number of fused-ring (bicyclic) bond motifs is 1. The molecule has 8 nitrogen and oxygen atoms in total. The Morgan fingerprint density at radius 3 is 2.52 bits per heavy atom. The minimum absolute atomic E-state index is 0.00499. The SMILES string of the molecule is C[C@@H]1CN([C@@H](C)CO)S(=O)(=O)c2ccc(-c3cccc(F)c3)cc2O[C@H]1CN(C)S(C)(=O)=O. The van der Waals surface area contributed by atoms with Gasteiger partial charge in [-0.25, -0.2) is 25.5 Å². The summed E-state index contributed by atoms with van der Waals surface area (Å²) < 4.78 is 73.2. The van der Waals surface area contributed by atoms with E-state index in [1.807, 2.05) is 0 Å². The number of sulfonamides is 2. The van der Waals surface area contributed by atoms with Gasteiger partial charge in [0.05, 0.1) is 19.4 Å². The van der Waals surface area contributed by atoms with E-state index < -0.39 is 43.9 Å². The number of aliphatic hydroxyl groups excluding tert-OH is 1. The second-order valence-corrected chi connectivity index (χ2v) is 12.4. The molecule has 0 fully saturated rings. The van der Waals surface area contributed by atoms with Crippen LogP contribution < -0.4 is 4.74 Å². The molecule has 0 radical (unpaired) electrons. The Hall–Kier alpha value is -2.05. The van der Waals surface area contributed by atoms with E-state index in [4.69, 9.17) is 4.74 Å². The van der Waals surface area contributed by atoms with E-state index in [2.05, 4.69) is 0 Å². The zero-order chi connectivity index (χ0) is 24.6. The van der Waals surface area contributed by atoms with Gasteiger partial charge in [-0.1, -0.05) is 25.1 Å². The summed E-state index contributed by atoms with van der Waals surface area (Å²) in [4.78, 5) is -0.0955. The lowest BCUT2D eigenvalue weighted by Crippen LogP contribution is -2.50. The molecular formula is C22H29FN2O6S2. The number of likely N-dealkylation sites (N-methyl/N-ethyl adjacent to an activating group) is 1. The van der Waals surface area contributed by atoms with Crippen LogP contribution in [0.5, 0.6) is 5.75 Å². The minimum atomic E-state index is -4.03. The molecule has 2 aromatic carbocycles. The van der Waals surface area contributed by atoms with Crippen LogP contribution in [0.1, 0.15) is 13.8 Å². The van der Waals surface area contributed by atoms with Crippen LogP contribution in [0.15, 0.2) is 47.4 Å². The van der Waals surface area contributed by atoms with Crippen LogP contribution in [0.25, 0.3) is 11.1 Å². The van der Waals surface area contributed by atoms with Gasteiger partial charge in [-0.15, -0.1) is 0 Å². The topological polar surface area (TPSA) is 104 Å². The van der Waals surface area contributed by atoms with Crippen molar-refractivity contribution >= 4 is 20.0 Å². The summed E-state index contributed by atoms with van der Waals surface area (Å²) in [5, 5.41) is 9.69. The van der Waals surface area contributed by atoms with Crippen molar-refractivity contribution in [2.24, 2.45) is 5.92 Å². The highest BCUT2D eigenvalue weighted by Crippen LogP contribution is 2.36.